The highest BCUT2D eigenvalue weighted by Gasteiger charge is 2.38. The number of ether oxygens (including phenoxy) is 1. The Bertz CT molecular complexity index is 979. The SMILES string of the molecule is CCOc1ccc(NC(=O)CC2SC(=Nc3c(C)cc(C)cc3C)N(CC)C2=O)cc1. The van der Waals surface area contributed by atoms with Gasteiger partial charge in [-0.25, -0.2) is 4.99 Å². The van der Waals surface area contributed by atoms with Crippen molar-refractivity contribution < 1.29 is 14.3 Å². The molecule has 0 radical (unpaired) electrons. The number of anilines is 1. The fourth-order valence-electron chi connectivity index (χ4n) is 3.64. The lowest BCUT2D eigenvalue weighted by Gasteiger charge is -2.14. The number of nitrogens with one attached hydrogen (secondary N) is 1. The van der Waals surface area contributed by atoms with Crippen LogP contribution >= 0.6 is 11.8 Å². The van der Waals surface area contributed by atoms with Crippen LogP contribution in [0.25, 0.3) is 0 Å². The molecule has 1 unspecified atom stereocenters. The maximum atomic E-state index is 12.9. The molecule has 1 aliphatic rings. The molecule has 6 nitrogen and oxygen atoms in total. The number of thioether (sulfide) groups is 1. The summed E-state index contributed by atoms with van der Waals surface area (Å²) in [7, 11) is 0. The van der Waals surface area contributed by atoms with Crippen LogP contribution in [0.3, 0.4) is 0 Å². The molecular formula is C24H29N3O3S. The molecular weight excluding hydrogens is 410 g/mol. The number of aliphatic imine (C=N–C) groups is 1. The minimum absolute atomic E-state index is 0.0736. The second-order valence-corrected chi connectivity index (χ2v) is 8.71. The van der Waals surface area contributed by atoms with Gasteiger partial charge in [0.25, 0.3) is 0 Å². The Kier molecular flexibility index (Phi) is 7.38. The first-order valence-corrected chi connectivity index (χ1v) is 11.4. The molecule has 1 N–H and O–H groups in total. The Morgan fingerprint density at radius 2 is 1.77 bits per heavy atom. The van der Waals surface area contributed by atoms with Crippen LogP contribution in [-0.4, -0.2) is 40.3 Å². The van der Waals surface area contributed by atoms with Crippen LogP contribution in [0.15, 0.2) is 41.4 Å². The quantitative estimate of drug-likeness (QED) is 0.660. The third kappa shape index (κ3) is 5.47. The predicted octanol–water partition coefficient (Wildman–Crippen LogP) is 4.99. The Balaban J connectivity index is 1.72. The van der Waals surface area contributed by atoms with Crippen molar-refractivity contribution in [2.75, 3.05) is 18.5 Å². The van der Waals surface area contributed by atoms with E-state index < -0.39 is 5.25 Å². The molecule has 1 saturated heterocycles. The van der Waals surface area contributed by atoms with E-state index in [4.69, 9.17) is 9.73 Å². The predicted molar refractivity (Wildman–Crippen MR) is 127 cm³/mol. The normalized spacial score (nSPS) is 17.3. The van der Waals surface area contributed by atoms with E-state index in [0.717, 1.165) is 22.6 Å². The first kappa shape index (κ1) is 22.9. The fourth-order valence-corrected chi connectivity index (χ4v) is 4.85. The van der Waals surface area contributed by atoms with Crippen molar-refractivity contribution in [1.82, 2.24) is 4.90 Å². The van der Waals surface area contributed by atoms with Crippen LogP contribution in [0.1, 0.15) is 37.0 Å². The topological polar surface area (TPSA) is 71.0 Å². The second kappa shape index (κ2) is 10.0. The summed E-state index contributed by atoms with van der Waals surface area (Å²) in [5.74, 6) is 0.480. The fraction of sp³-hybridized carbons (Fsp3) is 0.375. The smallest absolute Gasteiger partial charge is 0.242 e. The van der Waals surface area contributed by atoms with Gasteiger partial charge < -0.3 is 10.1 Å². The number of amides is 2. The summed E-state index contributed by atoms with van der Waals surface area (Å²) < 4.78 is 5.42. The molecule has 0 aliphatic carbocycles. The molecule has 1 atom stereocenters. The van der Waals surface area contributed by atoms with Crippen molar-refractivity contribution in [3.8, 4) is 5.75 Å². The molecule has 1 aliphatic heterocycles. The average molecular weight is 440 g/mol. The summed E-state index contributed by atoms with van der Waals surface area (Å²) in [6.45, 7) is 11.1. The molecule has 3 rings (SSSR count). The minimum Gasteiger partial charge on any atom is -0.494 e. The Labute approximate surface area is 188 Å². The van der Waals surface area contributed by atoms with E-state index in [1.54, 1.807) is 17.0 Å². The van der Waals surface area contributed by atoms with Crippen molar-refractivity contribution in [1.29, 1.82) is 0 Å². The molecule has 0 aromatic heterocycles. The number of hydrogen-bond acceptors (Lipinski definition) is 5. The van der Waals surface area contributed by atoms with Gasteiger partial charge in [-0.05, 0) is 70.0 Å². The van der Waals surface area contributed by atoms with Crippen molar-refractivity contribution in [3.63, 3.8) is 0 Å². The van der Waals surface area contributed by atoms with Crippen LogP contribution < -0.4 is 10.1 Å². The van der Waals surface area contributed by atoms with Gasteiger partial charge in [-0.15, -0.1) is 0 Å². The summed E-state index contributed by atoms with van der Waals surface area (Å²) in [5, 5.41) is 3.04. The highest BCUT2D eigenvalue weighted by atomic mass is 32.2. The van der Waals surface area contributed by atoms with E-state index in [-0.39, 0.29) is 18.2 Å². The number of hydrogen-bond donors (Lipinski definition) is 1. The number of rotatable bonds is 7. The van der Waals surface area contributed by atoms with E-state index in [2.05, 4.69) is 24.4 Å². The van der Waals surface area contributed by atoms with Crippen LogP contribution in [0, 0.1) is 20.8 Å². The van der Waals surface area contributed by atoms with Gasteiger partial charge in [-0.3, -0.25) is 14.5 Å². The number of carbonyl (C=O) groups is 2. The Morgan fingerprint density at radius 1 is 1.13 bits per heavy atom. The number of carbonyl (C=O) groups excluding carboxylic acids is 2. The number of nitrogens with zero attached hydrogens (tertiary/aromatic N) is 2. The van der Waals surface area contributed by atoms with Crippen LogP contribution in [0.5, 0.6) is 5.75 Å². The molecule has 2 aromatic carbocycles. The van der Waals surface area contributed by atoms with Gasteiger partial charge >= 0.3 is 0 Å². The molecule has 2 aromatic rings. The summed E-state index contributed by atoms with van der Waals surface area (Å²) in [5.41, 5.74) is 4.90. The van der Waals surface area contributed by atoms with Gasteiger partial charge in [0, 0.05) is 18.7 Å². The van der Waals surface area contributed by atoms with E-state index in [9.17, 15) is 9.59 Å². The monoisotopic (exact) mass is 439 g/mol. The molecule has 164 valence electrons. The molecule has 2 amide bonds. The third-order valence-corrected chi connectivity index (χ3v) is 6.17. The van der Waals surface area contributed by atoms with Gasteiger partial charge in [0.05, 0.1) is 12.3 Å². The maximum Gasteiger partial charge on any atom is 0.242 e. The van der Waals surface area contributed by atoms with E-state index in [1.165, 1.54) is 17.3 Å². The van der Waals surface area contributed by atoms with E-state index in [1.807, 2.05) is 39.8 Å². The largest absolute Gasteiger partial charge is 0.494 e. The zero-order valence-electron chi connectivity index (χ0n) is 18.7. The Morgan fingerprint density at radius 3 is 2.35 bits per heavy atom. The van der Waals surface area contributed by atoms with E-state index >= 15 is 0 Å². The molecule has 1 heterocycles. The lowest BCUT2D eigenvalue weighted by Crippen LogP contribution is -2.33. The van der Waals surface area contributed by atoms with E-state index in [0.29, 0.717) is 24.0 Å². The summed E-state index contributed by atoms with van der Waals surface area (Å²) in [6.07, 6.45) is 0.0953. The highest BCUT2D eigenvalue weighted by Crippen LogP contribution is 2.34. The standard InChI is InChI=1S/C24H29N3O3S/c1-6-27-23(29)20(14-21(28)25-18-8-10-19(11-9-18)30-7-2)31-24(27)26-22-16(4)12-15(3)13-17(22)5/h8-13,20H,6-7,14H2,1-5H3,(H,25,28). The van der Waals surface area contributed by atoms with Crippen LogP contribution in [-0.2, 0) is 9.59 Å². The highest BCUT2D eigenvalue weighted by molar-refractivity contribution is 8.15. The molecule has 7 heteroatoms. The van der Waals surface area contributed by atoms with Gasteiger partial charge in [-0.2, -0.15) is 0 Å². The zero-order valence-corrected chi connectivity index (χ0v) is 19.5. The summed E-state index contributed by atoms with van der Waals surface area (Å²) in [4.78, 5) is 31.9. The van der Waals surface area contributed by atoms with Gasteiger partial charge in [-0.1, -0.05) is 29.5 Å². The third-order valence-electron chi connectivity index (χ3n) is 5.00. The first-order chi connectivity index (χ1) is 14.8. The average Bonchev–Trinajstić information content (AvgIpc) is 3.00. The minimum atomic E-state index is -0.479. The molecule has 1 fully saturated rings. The zero-order chi connectivity index (χ0) is 22.5. The summed E-state index contributed by atoms with van der Waals surface area (Å²) in [6, 6.07) is 11.4. The van der Waals surface area contributed by atoms with Crippen molar-refractivity contribution in [3.05, 3.63) is 53.1 Å². The van der Waals surface area contributed by atoms with Crippen LogP contribution in [0.4, 0.5) is 11.4 Å². The lowest BCUT2D eigenvalue weighted by molar-refractivity contribution is -0.128. The van der Waals surface area contributed by atoms with Crippen molar-refractivity contribution in [2.45, 2.75) is 46.3 Å². The van der Waals surface area contributed by atoms with Crippen molar-refractivity contribution in [2.24, 2.45) is 4.99 Å². The number of aryl methyl sites for hydroxylation is 3. The molecule has 0 bridgehead atoms. The lowest BCUT2D eigenvalue weighted by atomic mass is 10.1. The molecule has 0 spiro atoms. The van der Waals surface area contributed by atoms with Gasteiger partial charge in [0.1, 0.15) is 11.0 Å². The van der Waals surface area contributed by atoms with Gasteiger partial charge in [0.2, 0.25) is 11.8 Å². The van der Waals surface area contributed by atoms with Crippen molar-refractivity contribution >= 4 is 40.1 Å². The molecule has 31 heavy (non-hydrogen) atoms. The maximum absolute atomic E-state index is 12.9. The van der Waals surface area contributed by atoms with Gasteiger partial charge in [0.15, 0.2) is 5.17 Å². The number of benzene rings is 2. The molecule has 0 saturated carbocycles. The second-order valence-electron chi connectivity index (χ2n) is 7.54. The first-order valence-electron chi connectivity index (χ1n) is 10.5. The summed E-state index contributed by atoms with van der Waals surface area (Å²) >= 11 is 1.36. The van der Waals surface area contributed by atoms with Crippen LogP contribution in [0.2, 0.25) is 0 Å². The number of amidine groups is 1. The Hall–Kier alpha value is -2.80.